The Hall–Kier alpha value is -0.910. The molecule has 1 aliphatic carbocycles. The average Bonchev–Trinajstić information content (AvgIpc) is 3.39. The summed E-state index contributed by atoms with van der Waals surface area (Å²) in [5.74, 6) is 0.0452. The van der Waals surface area contributed by atoms with Crippen molar-refractivity contribution in [2.75, 3.05) is 13.2 Å². The molecule has 1 aliphatic heterocycles. The lowest BCUT2D eigenvalue weighted by atomic mass is 9.86. The highest BCUT2D eigenvalue weighted by molar-refractivity contribution is 7.92. The van der Waals surface area contributed by atoms with Crippen molar-refractivity contribution in [3.8, 4) is 0 Å². The lowest BCUT2D eigenvalue weighted by Crippen LogP contribution is -2.20. The molecule has 0 bridgehead atoms. The van der Waals surface area contributed by atoms with Crippen molar-refractivity contribution in [2.45, 2.75) is 48.2 Å². The summed E-state index contributed by atoms with van der Waals surface area (Å²) in [7, 11) is -3.19. The lowest BCUT2D eigenvalue weighted by molar-refractivity contribution is -0.113. The second kappa shape index (κ2) is 6.91. The van der Waals surface area contributed by atoms with Gasteiger partial charge in [-0.1, -0.05) is 12.1 Å². The van der Waals surface area contributed by atoms with Crippen LogP contribution in [0, 0.1) is 5.92 Å². The van der Waals surface area contributed by atoms with Crippen LogP contribution in [0.15, 0.2) is 29.2 Å². The summed E-state index contributed by atoms with van der Waals surface area (Å²) in [6.45, 7) is 1.46. The molecule has 0 radical (unpaired) electrons. The van der Waals surface area contributed by atoms with Crippen molar-refractivity contribution in [2.24, 2.45) is 5.92 Å². The number of rotatable bonds is 6. The van der Waals surface area contributed by atoms with E-state index < -0.39 is 9.84 Å². The monoisotopic (exact) mass is 356 g/mol. The molecule has 0 N–H and O–H groups in total. The fourth-order valence-corrected chi connectivity index (χ4v) is 5.01. The zero-order valence-electron chi connectivity index (χ0n) is 12.9. The fraction of sp³-hybridized carbons (Fsp3) is 0.588. The van der Waals surface area contributed by atoms with Crippen LogP contribution >= 0.6 is 11.6 Å². The van der Waals surface area contributed by atoms with Gasteiger partial charge in [-0.3, -0.25) is 4.79 Å². The van der Waals surface area contributed by atoms with Crippen molar-refractivity contribution >= 4 is 26.7 Å². The molecule has 2 aliphatic rings. The zero-order valence-corrected chi connectivity index (χ0v) is 14.5. The van der Waals surface area contributed by atoms with E-state index in [1.807, 2.05) is 0 Å². The van der Waals surface area contributed by atoms with Gasteiger partial charge >= 0.3 is 0 Å². The van der Waals surface area contributed by atoms with Gasteiger partial charge in [-0.2, -0.15) is 0 Å². The van der Waals surface area contributed by atoms with E-state index in [0.29, 0.717) is 17.2 Å². The molecule has 1 heterocycles. The molecule has 0 amide bonds. The minimum atomic E-state index is -3.19. The zero-order chi connectivity index (χ0) is 16.4. The molecule has 6 heteroatoms. The largest absolute Gasteiger partial charge is 0.381 e. The standard InChI is InChI=1S/C17H21ClO4S/c18-17(19)16(11-12-7-9-22-10-8-12)13-1-3-14(4-2-13)23(20,21)15-5-6-15/h1-4,12,15-16H,5-11H2. The average molecular weight is 357 g/mol. The molecule has 1 aromatic rings. The van der Waals surface area contributed by atoms with E-state index in [-0.39, 0.29) is 16.4 Å². The first kappa shape index (κ1) is 16.9. The number of sulfone groups is 1. The molecule has 1 saturated carbocycles. The van der Waals surface area contributed by atoms with E-state index in [1.54, 1.807) is 24.3 Å². The first-order valence-electron chi connectivity index (χ1n) is 8.09. The second-order valence-electron chi connectivity index (χ2n) is 6.46. The van der Waals surface area contributed by atoms with Crippen LogP contribution in [-0.4, -0.2) is 32.1 Å². The summed E-state index contributed by atoms with van der Waals surface area (Å²) in [6.07, 6.45) is 4.07. The molecule has 1 saturated heterocycles. The molecule has 23 heavy (non-hydrogen) atoms. The van der Waals surface area contributed by atoms with E-state index >= 15 is 0 Å². The molecule has 0 spiro atoms. The Morgan fingerprint density at radius 1 is 1.13 bits per heavy atom. The minimum absolute atomic E-state index is 0.221. The van der Waals surface area contributed by atoms with Crippen LogP contribution in [0.4, 0.5) is 0 Å². The van der Waals surface area contributed by atoms with Gasteiger partial charge in [0, 0.05) is 13.2 Å². The van der Waals surface area contributed by atoms with Crippen LogP contribution < -0.4 is 0 Å². The minimum Gasteiger partial charge on any atom is -0.381 e. The van der Waals surface area contributed by atoms with Gasteiger partial charge in [-0.15, -0.1) is 0 Å². The van der Waals surface area contributed by atoms with Crippen LogP contribution in [-0.2, 0) is 19.4 Å². The summed E-state index contributed by atoms with van der Waals surface area (Å²) >= 11 is 5.80. The number of benzene rings is 1. The molecular formula is C17H21ClO4S. The van der Waals surface area contributed by atoms with E-state index in [0.717, 1.165) is 44.5 Å². The smallest absolute Gasteiger partial charge is 0.229 e. The van der Waals surface area contributed by atoms with E-state index in [2.05, 4.69) is 0 Å². The predicted octanol–water partition coefficient (Wildman–Crippen LogP) is 3.29. The first-order chi connectivity index (χ1) is 11.0. The van der Waals surface area contributed by atoms with Crippen molar-refractivity contribution in [1.82, 2.24) is 0 Å². The first-order valence-corrected chi connectivity index (χ1v) is 10.0. The van der Waals surface area contributed by atoms with Gasteiger partial charge in [0.1, 0.15) is 0 Å². The van der Waals surface area contributed by atoms with Crippen molar-refractivity contribution < 1.29 is 17.9 Å². The maximum atomic E-state index is 12.2. The summed E-state index contributed by atoms with van der Waals surface area (Å²) in [4.78, 5) is 12.2. The van der Waals surface area contributed by atoms with E-state index in [4.69, 9.17) is 16.3 Å². The molecule has 2 fully saturated rings. The van der Waals surface area contributed by atoms with Gasteiger partial charge in [0.05, 0.1) is 16.1 Å². The number of hydrogen-bond donors (Lipinski definition) is 0. The lowest BCUT2D eigenvalue weighted by Gasteiger charge is -2.25. The third-order valence-corrected chi connectivity index (χ3v) is 7.30. The van der Waals surface area contributed by atoms with Crippen LogP contribution in [0.25, 0.3) is 0 Å². The second-order valence-corrected chi connectivity index (χ2v) is 9.06. The molecule has 3 rings (SSSR count). The molecule has 0 aromatic heterocycles. The number of ether oxygens (including phenoxy) is 1. The van der Waals surface area contributed by atoms with Crippen LogP contribution in [0.1, 0.15) is 43.6 Å². The van der Waals surface area contributed by atoms with Crippen molar-refractivity contribution in [3.05, 3.63) is 29.8 Å². The molecule has 4 nitrogen and oxygen atoms in total. The Bertz CT molecular complexity index is 658. The fourth-order valence-electron chi connectivity index (χ4n) is 3.14. The van der Waals surface area contributed by atoms with Crippen molar-refractivity contribution in [1.29, 1.82) is 0 Å². The Balaban J connectivity index is 1.75. The Morgan fingerprint density at radius 2 is 1.74 bits per heavy atom. The maximum Gasteiger partial charge on any atom is 0.229 e. The highest BCUT2D eigenvalue weighted by Gasteiger charge is 2.37. The number of hydrogen-bond acceptors (Lipinski definition) is 4. The summed E-state index contributed by atoms with van der Waals surface area (Å²) in [5, 5.41) is -0.602. The van der Waals surface area contributed by atoms with Gasteiger partial charge in [0.25, 0.3) is 0 Å². The molecular weight excluding hydrogens is 336 g/mol. The highest BCUT2D eigenvalue weighted by Crippen LogP contribution is 2.35. The third-order valence-electron chi connectivity index (χ3n) is 4.76. The summed E-state index contributed by atoms with van der Waals surface area (Å²) in [5.41, 5.74) is 0.797. The summed E-state index contributed by atoms with van der Waals surface area (Å²) in [6, 6.07) is 6.69. The third kappa shape index (κ3) is 3.95. The number of carbonyl (C=O) groups is 1. The van der Waals surface area contributed by atoms with Gasteiger partial charge in [-0.25, -0.2) is 8.42 Å². The molecule has 126 valence electrons. The molecule has 1 atom stereocenters. The number of halogens is 1. The van der Waals surface area contributed by atoms with E-state index in [1.165, 1.54) is 0 Å². The molecule has 1 unspecified atom stereocenters. The Morgan fingerprint density at radius 3 is 2.26 bits per heavy atom. The normalized spacial score (nSPS) is 21.1. The Labute approximate surface area is 142 Å². The van der Waals surface area contributed by atoms with Crippen LogP contribution in [0.5, 0.6) is 0 Å². The van der Waals surface area contributed by atoms with E-state index in [9.17, 15) is 13.2 Å². The van der Waals surface area contributed by atoms with Crippen LogP contribution in [0.3, 0.4) is 0 Å². The predicted molar refractivity (Wildman–Crippen MR) is 88.4 cm³/mol. The quantitative estimate of drug-likeness (QED) is 0.734. The Kier molecular flexibility index (Phi) is 5.09. The number of carbonyl (C=O) groups excluding carboxylic acids is 1. The maximum absolute atomic E-state index is 12.2. The van der Waals surface area contributed by atoms with Crippen LogP contribution in [0.2, 0.25) is 0 Å². The molecule has 1 aromatic carbocycles. The van der Waals surface area contributed by atoms with Gasteiger partial charge in [0.2, 0.25) is 5.24 Å². The SMILES string of the molecule is O=C(Cl)C(CC1CCOCC1)c1ccc(S(=O)(=O)C2CC2)cc1. The topological polar surface area (TPSA) is 60.4 Å². The highest BCUT2D eigenvalue weighted by atomic mass is 35.5. The van der Waals surface area contributed by atoms with Crippen molar-refractivity contribution in [3.63, 3.8) is 0 Å². The summed E-state index contributed by atoms with van der Waals surface area (Å²) < 4.78 is 29.8. The van der Waals surface area contributed by atoms with Gasteiger partial charge in [0.15, 0.2) is 9.84 Å². The van der Waals surface area contributed by atoms with Gasteiger partial charge < -0.3 is 4.74 Å². The van der Waals surface area contributed by atoms with Gasteiger partial charge in [-0.05, 0) is 67.3 Å².